The quantitative estimate of drug-likeness (QED) is 0.938. The number of anilines is 1. The van der Waals surface area contributed by atoms with Gasteiger partial charge in [0.05, 0.1) is 10.7 Å². The topological polar surface area (TPSA) is 61.0 Å². The zero-order valence-corrected chi connectivity index (χ0v) is 11.8. The van der Waals surface area contributed by atoms with Crippen molar-refractivity contribution in [3.8, 4) is 11.6 Å². The van der Waals surface area contributed by atoms with Crippen molar-refractivity contribution in [3.05, 3.63) is 40.5 Å². The number of nitrogens with two attached hydrogens (primary N) is 1. The Morgan fingerprint density at radius 3 is 2.72 bits per heavy atom. The predicted molar refractivity (Wildman–Crippen MR) is 74.7 cm³/mol. The Morgan fingerprint density at radius 2 is 2.00 bits per heavy atom. The van der Waals surface area contributed by atoms with Crippen molar-refractivity contribution in [3.63, 3.8) is 0 Å². The second-order valence-electron chi connectivity index (χ2n) is 4.18. The molecule has 0 aliphatic heterocycles. The average molecular weight is 308 g/mol. The van der Waals surface area contributed by atoms with Crippen molar-refractivity contribution in [2.75, 3.05) is 5.73 Å². The highest BCUT2D eigenvalue weighted by atomic mass is 79.9. The van der Waals surface area contributed by atoms with E-state index in [1.165, 1.54) is 0 Å². The molecule has 0 amide bonds. The molecule has 0 spiro atoms. The Balaban J connectivity index is 2.37. The third-order valence-corrected chi connectivity index (χ3v) is 3.02. The maximum absolute atomic E-state index is 5.80. The highest BCUT2D eigenvalue weighted by molar-refractivity contribution is 9.10. The molecule has 2 N–H and O–H groups in total. The summed E-state index contributed by atoms with van der Waals surface area (Å²) in [6.07, 6.45) is 1.58. The van der Waals surface area contributed by atoms with Crippen LogP contribution in [0.5, 0.6) is 11.6 Å². The number of hydrogen-bond donors (Lipinski definition) is 1. The van der Waals surface area contributed by atoms with Gasteiger partial charge in [0.25, 0.3) is 0 Å². The molecule has 1 aromatic heterocycles. The molecule has 0 bridgehead atoms. The maximum atomic E-state index is 5.80. The van der Waals surface area contributed by atoms with Crippen LogP contribution in [0.3, 0.4) is 0 Å². The number of hydrogen-bond acceptors (Lipinski definition) is 4. The van der Waals surface area contributed by atoms with Gasteiger partial charge >= 0.3 is 0 Å². The molecule has 5 heteroatoms. The van der Waals surface area contributed by atoms with Crippen molar-refractivity contribution in [2.45, 2.75) is 19.8 Å². The summed E-state index contributed by atoms with van der Waals surface area (Å²) in [6, 6.07) is 7.88. The van der Waals surface area contributed by atoms with E-state index in [0.717, 1.165) is 11.3 Å². The summed E-state index contributed by atoms with van der Waals surface area (Å²) in [5.41, 5.74) is 6.68. The standard InChI is InChI=1S/C13H14BrN3O/c1-8(2)9-5-3-4-6-11(9)18-12-10(14)7-16-13(15)17-12/h3-8H,1-2H3,(H2,15,16,17). The maximum Gasteiger partial charge on any atom is 0.238 e. The van der Waals surface area contributed by atoms with E-state index in [-0.39, 0.29) is 5.95 Å². The molecule has 0 radical (unpaired) electrons. The van der Waals surface area contributed by atoms with Crippen LogP contribution in [0.1, 0.15) is 25.3 Å². The van der Waals surface area contributed by atoms with Crippen molar-refractivity contribution < 1.29 is 4.74 Å². The fourth-order valence-corrected chi connectivity index (χ4v) is 1.86. The minimum Gasteiger partial charge on any atom is -0.437 e. The predicted octanol–water partition coefficient (Wildman–Crippen LogP) is 3.74. The van der Waals surface area contributed by atoms with Crippen LogP contribution < -0.4 is 10.5 Å². The van der Waals surface area contributed by atoms with Crippen molar-refractivity contribution in [1.82, 2.24) is 9.97 Å². The third kappa shape index (κ3) is 2.79. The number of rotatable bonds is 3. The van der Waals surface area contributed by atoms with Crippen LogP contribution in [0.25, 0.3) is 0 Å². The number of benzene rings is 1. The van der Waals surface area contributed by atoms with Gasteiger partial charge in [-0.05, 0) is 33.5 Å². The summed E-state index contributed by atoms with van der Waals surface area (Å²) < 4.78 is 6.48. The molecule has 1 aromatic carbocycles. The molecule has 0 atom stereocenters. The second-order valence-corrected chi connectivity index (χ2v) is 5.03. The Labute approximate surface area is 114 Å². The van der Waals surface area contributed by atoms with Gasteiger partial charge in [0.2, 0.25) is 11.8 Å². The van der Waals surface area contributed by atoms with Gasteiger partial charge in [0.15, 0.2) is 0 Å². The zero-order valence-electron chi connectivity index (χ0n) is 10.2. The molecule has 1 heterocycles. The first-order chi connectivity index (χ1) is 8.58. The second kappa shape index (κ2) is 5.35. The van der Waals surface area contributed by atoms with Crippen LogP contribution in [0.4, 0.5) is 5.95 Å². The Hall–Kier alpha value is -1.62. The van der Waals surface area contributed by atoms with E-state index in [2.05, 4.69) is 39.7 Å². The molecule has 0 aliphatic carbocycles. The summed E-state index contributed by atoms with van der Waals surface area (Å²) >= 11 is 3.34. The molecule has 0 saturated heterocycles. The highest BCUT2D eigenvalue weighted by Crippen LogP contribution is 2.32. The molecular formula is C13H14BrN3O. The number of halogens is 1. The van der Waals surface area contributed by atoms with Crippen molar-refractivity contribution in [2.24, 2.45) is 0 Å². The SMILES string of the molecule is CC(C)c1ccccc1Oc1nc(N)ncc1Br. The van der Waals surface area contributed by atoms with Gasteiger partial charge in [-0.3, -0.25) is 0 Å². The van der Waals surface area contributed by atoms with Crippen molar-refractivity contribution >= 4 is 21.9 Å². The van der Waals surface area contributed by atoms with Gasteiger partial charge in [-0.1, -0.05) is 32.0 Å². The normalized spacial score (nSPS) is 10.7. The van der Waals surface area contributed by atoms with E-state index < -0.39 is 0 Å². The minimum atomic E-state index is 0.190. The Morgan fingerprint density at radius 1 is 1.28 bits per heavy atom. The summed E-state index contributed by atoms with van der Waals surface area (Å²) in [5.74, 6) is 1.77. The fourth-order valence-electron chi connectivity index (χ4n) is 1.59. The van der Waals surface area contributed by atoms with Crippen LogP contribution in [0.15, 0.2) is 34.9 Å². The summed E-state index contributed by atoms with van der Waals surface area (Å²) in [6.45, 7) is 4.23. The molecule has 18 heavy (non-hydrogen) atoms. The smallest absolute Gasteiger partial charge is 0.238 e. The number of aromatic nitrogens is 2. The van der Waals surface area contributed by atoms with E-state index in [9.17, 15) is 0 Å². The van der Waals surface area contributed by atoms with Gasteiger partial charge in [0, 0.05) is 0 Å². The van der Waals surface area contributed by atoms with Gasteiger partial charge in [-0.2, -0.15) is 4.98 Å². The lowest BCUT2D eigenvalue weighted by Gasteiger charge is -2.13. The average Bonchev–Trinajstić information content (AvgIpc) is 2.34. The number of ether oxygens (including phenoxy) is 1. The van der Waals surface area contributed by atoms with Gasteiger partial charge < -0.3 is 10.5 Å². The molecule has 4 nitrogen and oxygen atoms in total. The van der Waals surface area contributed by atoms with Crippen LogP contribution >= 0.6 is 15.9 Å². The van der Waals surface area contributed by atoms with Crippen LogP contribution in [-0.2, 0) is 0 Å². The van der Waals surface area contributed by atoms with E-state index in [0.29, 0.717) is 16.3 Å². The van der Waals surface area contributed by atoms with E-state index in [1.54, 1.807) is 6.20 Å². The lowest BCUT2D eigenvalue weighted by Crippen LogP contribution is -1.99. The van der Waals surface area contributed by atoms with E-state index >= 15 is 0 Å². The number of para-hydroxylation sites is 1. The summed E-state index contributed by atoms with van der Waals surface area (Å²) in [7, 11) is 0. The molecule has 0 unspecified atom stereocenters. The van der Waals surface area contributed by atoms with E-state index in [1.807, 2.05) is 24.3 Å². The Kier molecular flexibility index (Phi) is 3.81. The number of nitrogen functional groups attached to an aromatic ring is 1. The van der Waals surface area contributed by atoms with Crippen LogP contribution in [0, 0.1) is 0 Å². The molecule has 0 saturated carbocycles. The lowest BCUT2D eigenvalue weighted by atomic mass is 10.0. The highest BCUT2D eigenvalue weighted by Gasteiger charge is 2.11. The van der Waals surface area contributed by atoms with Gasteiger partial charge in [-0.15, -0.1) is 0 Å². The van der Waals surface area contributed by atoms with E-state index in [4.69, 9.17) is 10.5 Å². The van der Waals surface area contributed by atoms with Gasteiger partial charge in [-0.25, -0.2) is 4.98 Å². The molecule has 94 valence electrons. The van der Waals surface area contributed by atoms with Crippen LogP contribution in [0.2, 0.25) is 0 Å². The first-order valence-electron chi connectivity index (χ1n) is 5.62. The fraction of sp³-hybridized carbons (Fsp3) is 0.231. The van der Waals surface area contributed by atoms with Crippen molar-refractivity contribution in [1.29, 1.82) is 0 Å². The third-order valence-electron chi connectivity index (χ3n) is 2.48. The monoisotopic (exact) mass is 307 g/mol. The van der Waals surface area contributed by atoms with Crippen LogP contribution in [-0.4, -0.2) is 9.97 Å². The molecule has 2 aromatic rings. The zero-order chi connectivity index (χ0) is 13.1. The lowest BCUT2D eigenvalue weighted by molar-refractivity contribution is 0.451. The first-order valence-corrected chi connectivity index (χ1v) is 6.42. The summed E-state index contributed by atoms with van der Waals surface area (Å²) in [4.78, 5) is 7.94. The molecule has 2 rings (SSSR count). The number of nitrogens with zero attached hydrogens (tertiary/aromatic N) is 2. The summed E-state index contributed by atoms with van der Waals surface area (Å²) in [5, 5.41) is 0. The largest absolute Gasteiger partial charge is 0.437 e. The Bertz CT molecular complexity index is 558. The molecular weight excluding hydrogens is 294 g/mol. The molecule has 0 fully saturated rings. The molecule has 0 aliphatic rings. The minimum absolute atomic E-state index is 0.190. The first kappa shape index (κ1) is 12.8. The van der Waals surface area contributed by atoms with Gasteiger partial charge in [0.1, 0.15) is 5.75 Å².